The van der Waals surface area contributed by atoms with Crippen LogP contribution in [0.1, 0.15) is 162 Å². The summed E-state index contributed by atoms with van der Waals surface area (Å²) in [6, 6.07) is 0. The molecule has 1 saturated carbocycles. The number of esters is 1. The van der Waals surface area contributed by atoms with Crippen molar-refractivity contribution in [1.29, 1.82) is 0 Å². The van der Waals surface area contributed by atoms with Crippen LogP contribution >= 0.6 is 7.82 Å². The van der Waals surface area contributed by atoms with E-state index in [2.05, 4.69) is 32.1 Å². The number of nitrogens with zero attached hydrogens (tertiary/aromatic N) is 1. The first-order valence-electron chi connectivity index (χ1n) is 22.6. The maximum absolute atomic E-state index is 12.8. The summed E-state index contributed by atoms with van der Waals surface area (Å²) in [6.45, 7) is 5.10. The van der Waals surface area contributed by atoms with Crippen molar-refractivity contribution in [1.82, 2.24) is 0 Å². The van der Waals surface area contributed by atoms with Crippen LogP contribution in [-0.4, -0.2) is 94.2 Å². The lowest BCUT2D eigenvalue weighted by Crippen LogP contribution is -2.37. The normalized spacial score (nSPS) is 21.8. The molecule has 1 aliphatic heterocycles. The Morgan fingerprint density at radius 1 is 0.807 bits per heavy atom. The molecule has 0 aromatic heterocycles. The van der Waals surface area contributed by atoms with Gasteiger partial charge in [-0.3, -0.25) is 14.6 Å². The Morgan fingerprint density at radius 3 is 2.05 bits per heavy atom. The summed E-state index contributed by atoms with van der Waals surface area (Å²) in [5.74, 6) is 0.0117. The average molecular weight is 832 g/mol. The summed E-state index contributed by atoms with van der Waals surface area (Å²) in [6.07, 6.45) is 32.1. The van der Waals surface area contributed by atoms with Crippen LogP contribution < -0.4 is 4.89 Å². The lowest BCUT2D eigenvalue weighted by atomic mass is 9.89. The molecule has 0 radical (unpaired) electrons. The third kappa shape index (κ3) is 25.9. The molecule has 1 heterocycles. The molecule has 1 N–H and O–H groups in total. The second kappa shape index (κ2) is 31.7. The minimum atomic E-state index is -4.58. The van der Waals surface area contributed by atoms with Crippen molar-refractivity contribution in [2.45, 2.75) is 186 Å². The van der Waals surface area contributed by atoms with Crippen molar-refractivity contribution in [2.75, 3.05) is 54.1 Å². The average Bonchev–Trinajstić information content (AvgIpc) is 3.78. The zero-order valence-corrected chi connectivity index (χ0v) is 37.4. The van der Waals surface area contributed by atoms with Gasteiger partial charge in [0.15, 0.2) is 0 Å². The van der Waals surface area contributed by atoms with Crippen molar-refractivity contribution in [3.05, 3.63) is 24.3 Å². The summed E-state index contributed by atoms with van der Waals surface area (Å²) in [5, 5.41) is 9.35. The first kappa shape index (κ1) is 52.0. The molecule has 57 heavy (non-hydrogen) atoms. The molecule has 2 fully saturated rings. The number of fused-ring (bicyclic) bond motifs is 2. The third-order valence-corrected chi connectivity index (χ3v) is 11.9. The number of quaternary nitrogens is 1. The maximum Gasteiger partial charge on any atom is 0.306 e. The van der Waals surface area contributed by atoms with E-state index < -0.39 is 19.9 Å². The molecule has 0 amide bonds. The third-order valence-electron chi connectivity index (χ3n) is 10.9. The monoisotopic (exact) mass is 832 g/mol. The number of unbranched alkanes of at least 4 members (excludes halogenated alkanes) is 16. The van der Waals surface area contributed by atoms with Crippen LogP contribution in [0.2, 0.25) is 0 Å². The molecule has 2 aliphatic rings. The van der Waals surface area contributed by atoms with Gasteiger partial charge in [-0.2, -0.15) is 0 Å². The number of rotatable bonds is 38. The van der Waals surface area contributed by atoms with Crippen molar-refractivity contribution < 1.29 is 57.2 Å². The Hall–Kier alpha value is -1.18. The van der Waals surface area contributed by atoms with Crippen molar-refractivity contribution >= 4 is 13.8 Å². The van der Waals surface area contributed by atoms with Gasteiger partial charge in [-0.05, 0) is 32.1 Å². The first-order chi connectivity index (χ1) is 27.5. The Morgan fingerprint density at radius 2 is 1.42 bits per heavy atom. The number of hydrogen-bond donors (Lipinski definition) is 1. The van der Waals surface area contributed by atoms with Crippen LogP contribution in [0, 0.1) is 11.8 Å². The predicted octanol–water partition coefficient (Wildman–Crippen LogP) is 10.1. The zero-order valence-electron chi connectivity index (χ0n) is 36.5. The Bertz CT molecular complexity index is 1120. The van der Waals surface area contributed by atoms with Gasteiger partial charge < -0.3 is 27.9 Å². The van der Waals surface area contributed by atoms with Gasteiger partial charge in [0.1, 0.15) is 31.5 Å². The Labute approximate surface area is 346 Å². The number of carbonyl (C=O) groups is 1. The number of allylic oxidation sites excluding steroid dienone is 2. The topological polar surface area (TPSA) is 142 Å². The van der Waals surface area contributed by atoms with E-state index in [1.54, 1.807) is 0 Å². The van der Waals surface area contributed by atoms with E-state index in [9.17, 15) is 19.5 Å². The molecule has 334 valence electrons. The number of phosphoric ester groups is 1. The smallest absolute Gasteiger partial charge is 0.306 e. The minimum absolute atomic E-state index is 0.000605. The molecule has 0 spiro atoms. The van der Waals surface area contributed by atoms with Crippen molar-refractivity contribution in [3.63, 3.8) is 0 Å². The van der Waals surface area contributed by atoms with E-state index in [1.807, 2.05) is 27.2 Å². The Balaban J connectivity index is 1.71. The van der Waals surface area contributed by atoms with E-state index in [1.165, 1.54) is 77.0 Å². The molecular formula is C44H82NO11P. The van der Waals surface area contributed by atoms with Gasteiger partial charge >= 0.3 is 5.97 Å². The van der Waals surface area contributed by atoms with Gasteiger partial charge in [-0.1, -0.05) is 141 Å². The molecule has 1 saturated heterocycles. The Kier molecular flexibility index (Phi) is 28.9. The zero-order chi connectivity index (χ0) is 41.6. The molecule has 0 aromatic carbocycles. The van der Waals surface area contributed by atoms with E-state index in [4.69, 9.17) is 33.2 Å². The summed E-state index contributed by atoms with van der Waals surface area (Å²) in [4.78, 5) is 41.0. The fourth-order valence-electron chi connectivity index (χ4n) is 7.40. The largest absolute Gasteiger partial charge is 0.756 e. The van der Waals surface area contributed by atoms with Crippen LogP contribution in [0.4, 0.5) is 0 Å². The predicted molar refractivity (Wildman–Crippen MR) is 223 cm³/mol. The fourth-order valence-corrected chi connectivity index (χ4v) is 8.13. The van der Waals surface area contributed by atoms with Gasteiger partial charge in [0.25, 0.3) is 7.82 Å². The highest BCUT2D eigenvalue weighted by atomic mass is 31.2. The summed E-state index contributed by atoms with van der Waals surface area (Å²) < 4.78 is 34.7. The quantitative estimate of drug-likeness (QED) is 0.0121. The maximum atomic E-state index is 12.8. The first-order valence-corrected chi connectivity index (χ1v) is 24.1. The molecule has 12 nitrogen and oxygen atoms in total. The second-order valence-electron chi connectivity index (χ2n) is 17.2. The van der Waals surface area contributed by atoms with Crippen LogP contribution in [0.25, 0.3) is 0 Å². The highest BCUT2D eigenvalue weighted by Gasteiger charge is 2.49. The van der Waals surface area contributed by atoms with Crippen LogP contribution in [0.15, 0.2) is 24.3 Å². The summed E-state index contributed by atoms with van der Waals surface area (Å²) >= 11 is 0. The van der Waals surface area contributed by atoms with Crippen molar-refractivity contribution in [3.8, 4) is 0 Å². The molecule has 7 unspecified atom stereocenters. The van der Waals surface area contributed by atoms with Gasteiger partial charge in [0.05, 0.1) is 40.5 Å². The van der Waals surface area contributed by atoms with Crippen molar-refractivity contribution in [2.24, 2.45) is 11.8 Å². The molecule has 7 atom stereocenters. The molecule has 2 rings (SSSR count). The fraction of sp³-hybridized carbons (Fsp3) is 0.886. The molecule has 2 bridgehead atoms. The molecule has 0 aromatic rings. The number of phosphoric acid groups is 1. The molecular weight excluding hydrogens is 749 g/mol. The second-order valence-corrected chi connectivity index (χ2v) is 18.7. The summed E-state index contributed by atoms with van der Waals surface area (Å²) in [7, 11) is 1.26. The lowest BCUT2D eigenvalue weighted by molar-refractivity contribution is -0.870. The van der Waals surface area contributed by atoms with E-state index in [-0.39, 0.29) is 56.4 Å². The van der Waals surface area contributed by atoms with Gasteiger partial charge in [0, 0.05) is 31.3 Å². The van der Waals surface area contributed by atoms with Gasteiger partial charge in [0.2, 0.25) is 0 Å². The van der Waals surface area contributed by atoms with Gasteiger partial charge in [-0.25, -0.2) is 14.7 Å². The standard InChI is InChI=1S/C44H82NO11P/c1-6-8-10-11-12-13-14-15-16-17-18-19-22-26-33-50-36-39(37-52-57(48,49)51-34-32-45(3,4)5)53-44(46)29-25-21-20-24-28-40-41(43-35-42(40)55-56-43)31-30-38(54-47)27-23-9-7-2/h20,24,30-31,38-43H,6-19,21-23,25-29,32-37H2,1-5H3,(H-,47,48,49)/b24-20-,31-30+. The molecule has 1 aliphatic carbocycles. The number of likely N-dealkylation sites (N-methyl/N-ethyl adjacent to an activating group) is 1. The number of ether oxygens (including phenoxy) is 2. The molecule has 13 heteroatoms. The van der Waals surface area contributed by atoms with Crippen LogP contribution in [0.5, 0.6) is 0 Å². The lowest BCUT2D eigenvalue weighted by Gasteiger charge is -2.28. The highest BCUT2D eigenvalue weighted by molar-refractivity contribution is 7.45. The number of carbonyl (C=O) groups excluding carboxylic acids is 1. The van der Waals surface area contributed by atoms with E-state index >= 15 is 0 Å². The SMILES string of the molecule is CCCCCCCCCCCCCCCCOCC(COP(=O)([O-])OCC[N+](C)(C)C)OC(=O)CCC/C=C\CC1C2CC(OO2)C1/C=C/C(CCCCC)OO. The van der Waals surface area contributed by atoms with E-state index in [0.717, 1.165) is 51.4 Å². The van der Waals surface area contributed by atoms with Crippen LogP contribution in [0.3, 0.4) is 0 Å². The van der Waals surface area contributed by atoms with Crippen LogP contribution in [-0.2, 0) is 42.5 Å². The summed E-state index contributed by atoms with van der Waals surface area (Å²) in [5.41, 5.74) is 0. The minimum Gasteiger partial charge on any atom is -0.756 e. The van der Waals surface area contributed by atoms with E-state index in [0.29, 0.717) is 30.5 Å². The number of hydrogen-bond acceptors (Lipinski definition) is 11. The van der Waals surface area contributed by atoms with Gasteiger partial charge in [-0.15, -0.1) is 0 Å². The highest BCUT2D eigenvalue weighted by Crippen LogP contribution is 2.45.